The summed E-state index contributed by atoms with van der Waals surface area (Å²) in [5, 5.41) is 0. The van der Waals surface area contributed by atoms with E-state index in [1.807, 2.05) is 90.1 Å². The van der Waals surface area contributed by atoms with Crippen LogP contribution >= 0.6 is 0 Å². The SMILES string of the molecule is CC.CC.Cc1ccccc1N.Cc1ccccc1N. The minimum atomic E-state index is 0.868. The van der Waals surface area contributed by atoms with Crippen LogP contribution in [0, 0.1) is 13.8 Å². The average molecular weight is 274 g/mol. The number of anilines is 2. The Hall–Kier alpha value is -1.96. The molecule has 0 aliphatic carbocycles. The van der Waals surface area contributed by atoms with Crippen LogP contribution in [0.15, 0.2) is 48.5 Å². The highest BCUT2D eigenvalue weighted by atomic mass is 14.5. The van der Waals surface area contributed by atoms with Crippen LogP contribution in [-0.2, 0) is 0 Å². The van der Waals surface area contributed by atoms with Gasteiger partial charge in [-0.15, -0.1) is 0 Å². The van der Waals surface area contributed by atoms with E-state index in [0.29, 0.717) is 0 Å². The lowest BCUT2D eigenvalue weighted by Gasteiger charge is -1.93. The molecule has 2 nitrogen and oxygen atoms in total. The third-order valence-corrected chi connectivity index (χ3v) is 2.38. The van der Waals surface area contributed by atoms with Crippen molar-refractivity contribution in [1.29, 1.82) is 0 Å². The van der Waals surface area contributed by atoms with Gasteiger partial charge in [0.2, 0.25) is 0 Å². The Bertz CT molecular complexity index is 365. The van der Waals surface area contributed by atoms with E-state index in [2.05, 4.69) is 0 Å². The molecule has 0 radical (unpaired) electrons. The van der Waals surface area contributed by atoms with Crippen LogP contribution in [0.1, 0.15) is 38.8 Å². The summed E-state index contributed by atoms with van der Waals surface area (Å²) in [7, 11) is 0. The van der Waals surface area contributed by atoms with E-state index in [1.165, 1.54) is 0 Å². The summed E-state index contributed by atoms with van der Waals surface area (Å²) < 4.78 is 0. The van der Waals surface area contributed by atoms with Crippen LogP contribution in [0.25, 0.3) is 0 Å². The molecule has 0 heterocycles. The van der Waals surface area contributed by atoms with Crippen molar-refractivity contribution in [3.63, 3.8) is 0 Å². The highest BCUT2D eigenvalue weighted by Crippen LogP contribution is 2.07. The maximum absolute atomic E-state index is 5.52. The normalized spacial score (nSPS) is 7.90. The number of hydrogen-bond acceptors (Lipinski definition) is 2. The van der Waals surface area contributed by atoms with Crippen molar-refractivity contribution in [2.45, 2.75) is 41.5 Å². The highest BCUT2D eigenvalue weighted by molar-refractivity contribution is 5.45. The molecular weight excluding hydrogens is 244 g/mol. The second kappa shape index (κ2) is 13.5. The van der Waals surface area contributed by atoms with Crippen molar-refractivity contribution in [1.82, 2.24) is 0 Å². The molecule has 2 heteroatoms. The zero-order valence-corrected chi connectivity index (χ0v) is 13.8. The molecule has 2 rings (SSSR count). The summed E-state index contributed by atoms with van der Waals surface area (Å²) in [4.78, 5) is 0. The first-order chi connectivity index (χ1) is 9.61. The first-order valence-electron chi connectivity index (χ1n) is 7.23. The first kappa shape index (κ1) is 20.4. The molecule has 20 heavy (non-hydrogen) atoms. The van der Waals surface area contributed by atoms with Crippen molar-refractivity contribution in [3.05, 3.63) is 59.7 Å². The van der Waals surface area contributed by atoms with Gasteiger partial charge in [-0.2, -0.15) is 0 Å². The van der Waals surface area contributed by atoms with Crippen molar-refractivity contribution >= 4 is 11.4 Å². The van der Waals surface area contributed by atoms with Crippen LogP contribution in [0.4, 0.5) is 11.4 Å². The average Bonchev–Trinajstić information content (AvgIpc) is 2.50. The molecule has 0 spiro atoms. The zero-order valence-electron chi connectivity index (χ0n) is 13.8. The maximum Gasteiger partial charge on any atom is 0.0343 e. The Kier molecular flexibility index (Phi) is 13.7. The molecule has 0 aromatic heterocycles. The lowest BCUT2D eigenvalue weighted by atomic mass is 10.2. The number of nitrogen functional groups attached to an aromatic ring is 2. The quantitative estimate of drug-likeness (QED) is 0.648. The molecule has 0 aliphatic heterocycles. The summed E-state index contributed by atoms with van der Waals surface area (Å²) in [5.74, 6) is 0. The molecule has 2 aromatic carbocycles. The predicted molar refractivity (Wildman–Crippen MR) is 93.9 cm³/mol. The molecule has 0 amide bonds. The van der Waals surface area contributed by atoms with Gasteiger partial charge in [-0.3, -0.25) is 0 Å². The first-order valence-corrected chi connectivity index (χ1v) is 7.23. The summed E-state index contributed by atoms with van der Waals surface area (Å²) in [6, 6.07) is 15.6. The Balaban J connectivity index is 0. The predicted octanol–water partition coefficient (Wildman–Crippen LogP) is 5.21. The molecule has 112 valence electrons. The molecule has 0 fully saturated rings. The van der Waals surface area contributed by atoms with E-state index in [1.54, 1.807) is 0 Å². The van der Waals surface area contributed by atoms with Crippen LogP contribution in [0.2, 0.25) is 0 Å². The summed E-state index contributed by atoms with van der Waals surface area (Å²) in [5.41, 5.74) is 15.1. The Morgan fingerprint density at radius 2 is 0.800 bits per heavy atom. The van der Waals surface area contributed by atoms with E-state index in [-0.39, 0.29) is 0 Å². The van der Waals surface area contributed by atoms with Crippen molar-refractivity contribution in [2.75, 3.05) is 11.5 Å². The van der Waals surface area contributed by atoms with Gasteiger partial charge in [0.25, 0.3) is 0 Å². The number of nitrogens with two attached hydrogens (primary N) is 2. The number of benzene rings is 2. The zero-order chi connectivity index (χ0) is 16.0. The Morgan fingerprint density at radius 3 is 0.950 bits per heavy atom. The second-order valence-electron chi connectivity index (χ2n) is 3.71. The Labute approximate surface area is 124 Å². The van der Waals surface area contributed by atoms with E-state index in [0.717, 1.165) is 22.5 Å². The van der Waals surface area contributed by atoms with Gasteiger partial charge in [-0.1, -0.05) is 64.1 Å². The smallest absolute Gasteiger partial charge is 0.0343 e. The lowest BCUT2D eigenvalue weighted by Crippen LogP contribution is -1.85. The standard InChI is InChI=1S/2C7H9N.2C2H6/c2*1-6-4-2-3-5-7(6)8;2*1-2/h2*2-5H,8H2,1H3;2*1-2H3. The topological polar surface area (TPSA) is 52.0 Å². The largest absolute Gasteiger partial charge is 0.399 e. The number of hydrogen-bond donors (Lipinski definition) is 2. The third-order valence-electron chi connectivity index (χ3n) is 2.38. The molecule has 4 N–H and O–H groups in total. The summed E-state index contributed by atoms with van der Waals surface area (Å²) in [6.07, 6.45) is 0. The minimum absolute atomic E-state index is 0.868. The molecule has 0 atom stereocenters. The van der Waals surface area contributed by atoms with Gasteiger partial charge in [0.05, 0.1) is 0 Å². The van der Waals surface area contributed by atoms with Crippen molar-refractivity contribution in [2.24, 2.45) is 0 Å². The summed E-state index contributed by atoms with van der Waals surface area (Å²) in [6.45, 7) is 12.0. The number of aryl methyl sites for hydroxylation is 2. The van der Waals surface area contributed by atoms with Gasteiger partial charge in [-0.05, 0) is 37.1 Å². The van der Waals surface area contributed by atoms with Gasteiger partial charge in [-0.25, -0.2) is 0 Å². The minimum Gasteiger partial charge on any atom is -0.399 e. The van der Waals surface area contributed by atoms with Crippen LogP contribution in [0.5, 0.6) is 0 Å². The fourth-order valence-electron chi connectivity index (χ4n) is 1.17. The summed E-state index contributed by atoms with van der Waals surface area (Å²) >= 11 is 0. The second-order valence-corrected chi connectivity index (χ2v) is 3.71. The molecule has 0 saturated heterocycles. The van der Waals surface area contributed by atoms with E-state index < -0.39 is 0 Å². The van der Waals surface area contributed by atoms with E-state index in [4.69, 9.17) is 11.5 Å². The van der Waals surface area contributed by atoms with Crippen molar-refractivity contribution in [3.8, 4) is 0 Å². The van der Waals surface area contributed by atoms with Crippen LogP contribution in [0.3, 0.4) is 0 Å². The van der Waals surface area contributed by atoms with E-state index >= 15 is 0 Å². The molecule has 0 aliphatic rings. The molecule has 0 bridgehead atoms. The molecule has 0 unspecified atom stereocenters. The van der Waals surface area contributed by atoms with Gasteiger partial charge in [0, 0.05) is 11.4 Å². The molecule has 0 saturated carbocycles. The Morgan fingerprint density at radius 1 is 0.550 bits per heavy atom. The molecule has 2 aromatic rings. The molecular formula is C18H30N2. The fraction of sp³-hybridized carbons (Fsp3) is 0.333. The third kappa shape index (κ3) is 9.03. The van der Waals surface area contributed by atoms with Gasteiger partial charge in [0.1, 0.15) is 0 Å². The van der Waals surface area contributed by atoms with Gasteiger partial charge < -0.3 is 11.5 Å². The van der Waals surface area contributed by atoms with E-state index in [9.17, 15) is 0 Å². The number of para-hydroxylation sites is 2. The van der Waals surface area contributed by atoms with Gasteiger partial charge >= 0.3 is 0 Å². The lowest BCUT2D eigenvalue weighted by molar-refractivity contribution is 1.47. The van der Waals surface area contributed by atoms with Crippen LogP contribution in [-0.4, -0.2) is 0 Å². The number of rotatable bonds is 0. The van der Waals surface area contributed by atoms with Crippen molar-refractivity contribution < 1.29 is 0 Å². The van der Waals surface area contributed by atoms with Crippen LogP contribution < -0.4 is 11.5 Å². The van der Waals surface area contributed by atoms with Gasteiger partial charge in [0.15, 0.2) is 0 Å². The highest BCUT2D eigenvalue weighted by Gasteiger charge is 1.85. The monoisotopic (exact) mass is 274 g/mol. The maximum atomic E-state index is 5.52. The fourth-order valence-corrected chi connectivity index (χ4v) is 1.17.